The number of hydrogen-bond acceptors (Lipinski definition) is 5. The molecular weight excluding hydrogens is 372 g/mol. The van der Waals surface area contributed by atoms with Gasteiger partial charge in [0.1, 0.15) is 5.01 Å². The number of fused-ring (bicyclic) bond motifs is 1. The van der Waals surface area contributed by atoms with Gasteiger partial charge in [-0.2, -0.15) is 0 Å². The Morgan fingerprint density at radius 1 is 1.18 bits per heavy atom. The molecule has 1 heterocycles. The van der Waals surface area contributed by atoms with Crippen LogP contribution in [0.5, 0.6) is 0 Å². The molecule has 0 aliphatic carbocycles. The number of nitrogens with one attached hydrogen (secondary N) is 2. The molecule has 0 aliphatic rings. The molecule has 3 rings (SSSR count). The molecule has 1 atom stereocenters. The maximum Gasteiger partial charge on any atom is 0.325 e. The second kappa shape index (κ2) is 8.50. The van der Waals surface area contributed by atoms with Crippen molar-refractivity contribution >= 4 is 39.2 Å². The van der Waals surface area contributed by atoms with E-state index in [0.29, 0.717) is 5.69 Å². The average molecular weight is 397 g/mol. The molecule has 3 aromatic rings. The third kappa shape index (κ3) is 4.74. The molecule has 3 amide bonds. The highest BCUT2D eigenvalue weighted by Crippen LogP contribution is 2.28. The van der Waals surface area contributed by atoms with Crippen molar-refractivity contribution in [3.05, 3.63) is 58.6 Å². The quantitative estimate of drug-likeness (QED) is 0.676. The Bertz CT molecular complexity index is 982. The predicted octanol–water partition coefficient (Wildman–Crippen LogP) is 4.25. The van der Waals surface area contributed by atoms with Crippen molar-refractivity contribution < 1.29 is 9.59 Å². The fourth-order valence-electron chi connectivity index (χ4n) is 2.89. The highest BCUT2D eigenvalue weighted by atomic mass is 32.1. The summed E-state index contributed by atoms with van der Waals surface area (Å²) in [6.07, 6.45) is 0. The first kappa shape index (κ1) is 20.0. The van der Waals surface area contributed by atoms with Crippen molar-refractivity contribution in [3.63, 3.8) is 0 Å². The number of aryl methyl sites for hydroxylation is 2. The molecule has 0 saturated carbocycles. The van der Waals surface area contributed by atoms with Crippen LogP contribution in [0.15, 0.2) is 42.5 Å². The van der Waals surface area contributed by atoms with Gasteiger partial charge in [-0.1, -0.05) is 29.8 Å². The minimum Gasteiger partial charge on any atom is -0.307 e. The summed E-state index contributed by atoms with van der Waals surface area (Å²) in [5.74, 6) is -0.363. The van der Waals surface area contributed by atoms with Gasteiger partial charge < -0.3 is 5.32 Å². The molecule has 0 saturated heterocycles. The van der Waals surface area contributed by atoms with Crippen LogP contribution in [0, 0.1) is 13.8 Å². The number of para-hydroxylation sites is 1. The number of rotatable bonds is 5. The van der Waals surface area contributed by atoms with Crippen molar-refractivity contribution in [1.29, 1.82) is 0 Å². The Morgan fingerprint density at radius 2 is 1.93 bits per heavy atom. The maximum absolute atomic E-state index is 12.3. The largest absolute Gasteiger partial charge is 0.325 e. The number of carbonyl (C=O) groups is 2. The van der Waals surface area contributed by atoms with Crippen molar-refractivity contribution in [2.45, 2.75) is 26.8 Å². The minimum atomic E-state index is -0.530. The molecule has 0 unspecified atom stereocenters. The highest BCUT2D eigenvalue weighted by Gasteiger charge is 2.19. The molecule has 7 heteroatoms. The normalized spacial score (nSPS) is 12.2. The third-order valence-electron chi connectivity index (χ3n) is 4.61. The molecule has 0 aliphatic heterocycles. The lowest BCUT2D eigenvalue weighted by Crippen LogP contribution is -2.41. The molecular formula is C21H24N4O2S. The highest BCUT2D eigenvalue weighted by molar-refractivity contribution is 7.18. The van der Waals surface area contributed by atoms with E-state index in [1.165, 1.54) is 0 Å². The van der Waals surface area contributed by atoms with Crippen LogP contribution in [0.25, 0.3) is 10.2 Å². The lowest BCUT2D eigenvalue weighted by molar-refractivity contribution is -0.121. The van der Waals surface area contributed by atoms with Crippen LogP contribution in [-0.2, 0) is 4.79 Å². The Morgan fingerprint density at radius 3 is 2.64 bits per heavy atom. The fraction of sp³-hybridized carbons (Fsp3) is 0.286. The van der Waals surface area contributed by atoms with E-state index in [-0.39, 0.29) is 18.5 Å². The van der Waals surface area contributed by atoms with E-state index >= 15 is 0 Å². The van der Waals surface area contributed by atoms with E-state index in [0.717, 1.165) is 26.4 Å². The number of thiazole rings is 1. The van der Waals surface area contributed by atoms with Crippen LogP contribution in [0.4, 0.5) is 10.5 Å². The zero-order valence-electron chi connectivity index (χ0n) is 16.4. The number of carbonyl (C=O) groups excluding carboxylic acids is 2. The van der Waals surface area contributed by atoms with Gasteiger partial charge in [-0.15, -0.1) is 11.3 Å². The van der Waals surface area contributed by atoms with Crippen molar-refractivity contribution in [2.24, 2.45) is 0 Å². The SMILES string of the molecule is Cc1ccc(NC(=O)NC(=O)CN(C)[C@@H](C)c2nc3ccccc3s2)c(C)c1. The first-order chi connectivity index (χ1) is 13.3. The van der Waals surface area contributed by atoms with Gasteiger partial charge in [0.2, 0.25) is 5.91 Å². The van der Waals surface area contributed by atoms with Crippen LogP contribution in [0.2, 0.25) is 0 Å². The number of hydrogen-bond donors (Lipinski definition) is 2. The van der Waals surface area contributed by atoms with E-state index in [4.69, 9.17) is 0 Å². The zero-order chi connectivity index (χ0) is 20.3. The number of anilines is 1. The maximum atomic E-state index is 12.3. The number of nitrogens with zero attached hydrogens (tertiary/aromatic N) is 2. The van der Waals surface area contributed by atoms with E-state index in [2.05, 4.69) is 15.6 Å². The van der Waals surface area contributed by atoms with Crippen LogP contribution in [0.1, 0.15) is 29.1 Å². The summed E-state index contributed by atoms with van der Waals surface area (Å²) in [5, 5.41) is 6.05. The van der Waals surface area contributed by atoms with E-state index in [1.54, 1.807) is 11.3 Å². The monoisotopic (exact) mass is 396 g/mol. The van der Waals surface area contributed by atoms with Crippen LogP contribution in [-0.4, -0.2) is 35.4 Å². The van der Waals surface area contributed by atoms with Gasteiger partial charge in [-0.25, -0.2) is 9.78 Å². The van der Waals surface area contributed by atoms with Crippen molar-refractivity contribution in [1.82, 2.24) is 15.2 Å². The molecule has 6 nitrogen and oxygen atoms in total. The smallest absolute Gasteiger partial charge is 0.307 e. The van der Waals surface area contributed by atoms with Gasteiger partial charge in [-0.05, 0) is 51.6 Å². The molecule has 2 aromatic carbocycles. The molecule has 1 aromatic heterocycles. The number of amides is 3. The summed E-state index contributed by atoms with van der Waals surface area (Å²) < 4.78 is 1.12. The second-order valence-corrected chi connectivity index (χ2v) is 7.99. The molecule has 28 heavy (non-hydrogen) atoms. The second-order valence-electron chi connectivity index (χ2n) is 6.93. The number of imide groups is 1. The predicted molar refractivity (Wildman–Crippen MR) is 114 cm³/mol. The van der Waals surface area contributed by atoms with Gasteiger partial charge in [0.15, 0.2) is 0 Å². The molecule has 0 radical (unpaired) electrons. The van der Waals surface area contributed by atoms with Gasteiger partial charge in [0.25, 0.3) is 0 Å². The fourth-order valence-corrected chi connectivity index (χ4v) is 3.98. The summed E-state index contributed by atoms with van der Waals surface area (Å²) in [6, 6.07) is 13.1. The van der Waals surface area contributed by atoms with E-state index in [9.17, 15) is 9.59 Å². The Hall–Kier alpha value is -2.77. The number of aromatic nitrogens is 1. The Kier molecular flexibility index (Phi) is 6.06. The topological polar surface area (TPSA) is 74.3 Å². The standard InChI is InChI=1S/C21H24N4O2S/c1-13-9-10-16(14(2)11-13)23-21(27)24-19(26)12-25(4)15(3)20-22-17-7-5-6-8-18(17)28-20/h5-11,15H,12H2,1-4H3,(H2,23,24,26,27)/t15-/m0/s1. The lowest BCUT2D eigenvalue weighted by atomic mass is 10.1. The van der Waals surface area contributed by atoms with Crippen molar-refractivity contribution in [3.8, 4) is 0 Å². The van der Waals surface area contributed by atoms with Gasteiger partial charge in [0, 0.05) is 5.69 Å². The van der Waals surface area contributed by atoms with E-state index < -0.39 is 6.03 Å². The summed E-state index contributed by atoms with van der Waals surface area (Å²) >= 11 is 1.62. The molecule has 2 N–H and O–H groups in total. The van der Waals surface area contributed by atoms with Crippen molar-refractivity contribution in [2.75, 3.05) is 18.9 Å². The van der Waals surface area contributed by atoms with Crippen LogP contribution >= 0.6 is 11.3 Å². The summed E-state index contributed by atoms with van der Waals surface area (Å²) in [7, 11) is 1.85. The zero-order valence-corrected chi connectivity index (χ0v) is 17.3. The van der Waals surface area contributed by atoms with Gasteiger partial charge in [-0.3, -0.25) is 15.0 Å². The van der Waals surface area contributed by atoms with Crippen LogP contribution in [0.3, 0.4) is 0 Å². The van der Waals surface area contributed by atoms with Crippen LogP contribution < -0.4 is 10.6 Å². The van der Waals surface area contributed by atoms with Gasteiger partial charge >= 0.3 is 6.03 Å². The Labute approximate surface area is 168 Å². The molecule has 146 valence electrons. The minimum absolute atomic E-state index is 0.0365. The summed E-state index contributed by atoms with van der Waals surface area (Å²) in [5.41, 5.74) is 3.71. The third-order valence-corrected chi connectivity index (χ3v) is 5.81. The summed E-state index contributed by atoms with van der Waals surface area (Å²) in [6.45, 7) is 6.00. The summed E-state index contributed by atoms with van der Waals surface area (Å²) in [4.78, 5) is 30.9. The number of urea groups is 1. The number of benzene rings is 2. The first-order valence-corrected chi connectivity index (χ1v) is 9.89. The first-order valence-electron chi connectivity index (χ1n) is 9.07. The van der Waals surface area contributed by atoms with Gasteiger partial charge in [0.05, 0.1) is 22.8 Å². The average Bonchev–Trinajstić information content (AvgIpc) is 3.07. The van der Waals surface area contributed by atoms with E-state index in [1.807, 2.05) is 75.2 Å². The molecule has 0 fully saturated rings. The lowest BCUT2D eigenvalue weighted by Gasteiger charge is -2.22. The Balaban J connectivity index is 1.56. The molecule has 0 bridgehead atoms. The number of likely N-dealkylation sites (N-methyl/N-ethyl adjacent to an activating group) is 1. The molecule has 0 spiro atoms.